The minimum absolute atomic E-state index is 0.498. The third-order valence-electron chi connectivity index (χ3n) is 1.43. The molecule has 0 aliphatic heterocycles. The van der Waals surface area contributed by atoms with Gasteiger partial charge in [-0.05, 0) is 12.1 Å². The molecule has 4 heteroatoms. The molecule has 0 saturated carbocycles. The largest absolute Gasteiger partial charge is 0.399 e. The lowest BCUT2D eigenvalue weighted by molar-refractivity contribution is 0.456. The first-order chi connectivity index (χ1) is 5.27. The van der Waals surface area contributed by atoms with E-state index < -0.39 is 0 Å². The van der Waals surface area contributed by atoms with E-state index in [2.05, 4.69) is 5.16 Å². The van der Waals surface area contributed by atoms with Crippen molar-refractivity contribution in [3.8, 4) is 0 Å². The number of fused-ring (bicyclic) bond motifs is 1. The van der Waals surface area contributed by atoms with Crippen LogP contribution in [0.4, 0.5) is 5.69 Å². The fraction of sp³-hybridized carbons (Fsp3) is 0. The van der Waals surface area contributed by atoms with Crippen LogP contribution >= 0.6 is 11.6 Å². The Morgan fingerprint density at radius 1 is 1.45 bits per heavy atom. The summed E-state index contributed by atoms with van der Waals surface area (Å²) in [5, 5.41) is 4.91. The predicted molar refractivity (Wildman–Crippen MR) is 43.4 cm³/mol. The van der Waals surface area contributed by atoms with Crippen LogP contribution < -0.4 is 5.73 Å². The molecular weight excluding hydrogens is 164 g/mol. The molecule has 56 valence electrons. The van der Waals surface area contributed by atoms with Gasteiger partial charge in [-0.3, -0.25) is 0 Å². The SMILES string of the molecule is Nc1cc(Cl)c2oncc2c1. The second kappa shape index (κ2) is 2.13. The zero-order chi connectivity index (χ0) is 7.84. The summed E-state index contributed by atoms with van der Waals surface area (Å²) in [5.74, 6) is 0. The van der Waals surface area contributed by atoms with Gasteiger partial charge in [0, 0.05) is 11.1 Å². The van der Waals surface area contributed by atoms with Crippen LogP contribution in [0.1, 0.15) is 0 Å². The van der Waals surface area contributed by atoms with Crippen molar-refractivity contribution < 1.29 is 4.52 Å². The number of nitrogens with two attached hydrogens (primary N) is 1. The summed E-state index contributed by atoms with van der Waals surface area (Å²) in [5.41, 5.74) is 6.73. The first-order valence-electron chi connectivity index (χ1n) is 3.07. The summed E-state index contributed by atoms with van der Waals surface area (Å²) >= 11 is 5.79. The number of benzene rings is 1. The highest BCUT2D eigenvalue weighted by Crippen LogP contribution is 2.25. The number of halogens is 1. The molecule has 2 rings (SSSR count). The van der Waals surface area contributed by atoms with Crippen molar-refractivity contribution >= 4 is 28.3 Å². The second-order valence-electron chi connectivity index (χ2n) is 2.25. The fourth-order valence-corrected chi connectivity index (χ4v) is 1.23. The minimum atomic E-state index is 0.498. The normalized spacial score (nSPS) is 10.6. The van der Waals surface area contributed by atoms with Gasteiger partial charge < -0.3 is 10.3 Å². The van der Waals surface area contributed by atoms with Crippen molar-refractivity contribution in [2.75, 3.05) is 5.73 Å². The van der Waals surface area contributed by atoms with Gasteiger partial charge in [0.15, 0.2) is 5.58 Å². The number of hydrogen-bond donors (Lipinski definition) is 1. The van der Waals surface area contributed by atoms with Crippen LogP contribution in [0, 0.1) is 0 Å². The fourth-order valence-electron chi connectivity index (χ4n) is 0.965. The molecule has 2 aromatic rings. The Balaban J connectivity index is 2.91. The standard InChI is InChI=1S/C7H5ClN2O/c8-6-2-5(9)1-4-3-10-11-7(4)6/h1-3H,9H2. The van der Waals surface area contributed by atoms with E-state index in [0.717, 1.165) is 5.39 Å². The van der Waals surface area contributed by atoms with Gasteiger partial charge in [0.2, 0.25) is 0 Å². The Morgan fingerprint density at radius 3 is 3.09 bits per heavy atom. The Bertz CT molecular complexity index is 396. The van der Waals surface area contributed by atoms with E-state index in [1.165, 1.54) is 0 Å². The van der Waals surface area contributed by atoms with Crippen molar-refractivity contribution in [2.24, 2.45) is 0 Å². The highest BCUT2D eigenvalue weighted by molar-refractivity contribution is 6.35. The average Bonchev–Trinajstić information content (AvgIpc) is 2.34. The van der Waals surface area contributed by atoms with Crippen molar-refractivity contribution in [3.05, 3.63) is 23.4 Å². The Morgan fingerprint density at radius 2 is 2.27 bits per heavy atom. The highest BCUT2D eigenvalue weighted by Gasteiger charge is 2.03. The lowest BCUT2D eigenvalue weighted by atomic mass is 10.2. The molecule has 3 nitrogen and oxygen atoms in total. The van der Waals surface area contributed by atoms with E-state index in [9.17, 15) is 0 Å². The first-order valence-corrected chi connectivity index (χ1v) is 3.44. The second-order valence-corrected chi connectivity index (χ2v) is 2.65. The van der Waals surface area contributed by atoms with Gasteiger partial charge in [0.05, 0.1) is 11.2 Å². The van der Waals surface area contributed by atoms with Gasteiger partial charge in [-0.15, -0.1) is 0 Å². The Kier molecular flexibility index (Phi) is 1.26. The van der Waals surface area contributed by atoms with Crippen molar-refractivity contribution in [3.63, 3.8) is 0 Å². The van der Waals surface area contributed by atoms with E-state index in [4.69, 9.17) is 21.9 Å². The smallest absolute Gasteiger partial charge is 0.185 e. The van der Waals surface area contributed by atoms with Crippen LogP contribution in [0.3, 0.4) is 0 Å². The number of rotatable bonds is 0. The molecule has 1 aromatic carbocycles. The number of nitrogens with zero attached hydrogens (tertiary/aromatic N) is 1. The number of anilines is 1. The summed E-state index contributed by atoms with van der Waals surface area (Å²) in [6.07, 6.45) is 1.58. The zero-order valence-corrected chi connectivity index (χ0v) is 6.30. The van der Waals surface area contributed by atoms with E-state index >= 15 is 0 Å². The van der Waals surface area contributed by atoms with Crippen LogP contribution in [0.5, 0.6) is 0 Å². The topological polar surface area (TPSA) is 52.0 Å². The molecule has 1 heterocycles. The van der Waals surface area contributed by atoms with Gasteiger partial charge in [0.25, 0.3) is 0 Å². The Labute approximate surface area is 67.7 Å². The first kappa shape index (κ1) is 6.49. The van der Waals surface area contributed by atoms with E-state index in [-0.39, 0.29) is 0 Å². The van der Waals surface area contributed by atoms with Crippen LogP contribution in [-0.4, -0.2) is 5.16 Å². The molecule has 1 aromatic heterocycles. The van der Waals surface area contributed by atoms with Crippen LogP contribution in [0.15, 0.2) is 22.9 Å². The molecule has 0 unspecified atom stereocenters. The summed E-state index contributed by atoms with van der Waals surface area (Å²) in [6, 6.07) is 3.40. The molecule has 2 N–H and O–H groups in total. The van der Waals surface area contributed by atoms with Crippen molar-refractivity contribution in [2.45, 2.75) is 0 Å². The molecule has 0 radical (unpaired) electrons. The molecule has 0 aliphatic carbocycles. The molecule has 0 spiro atoms. The van der Waals surface area contributed by atoms with Gasteiger partial charge in [-0.2, -0.15) is 0 Å². The van der Waals surface area contributed by atoms with Crippen LogP contribution in [0.2, 0.25) is 5.02 Å². The lowest BCUT2D eigenvalue weighted by Crippen LogP contribution is -1.82. The third kappa shape index (κ3) is 0.935. The molecule has 11 heavy (non-hydrogen) atoms. The van der Waals surface area contributed by atoms with Gasteiger partial charge in [-0.25, -0.2) is 0 Å². The van der Waals surface area contributed by atoms with Crippen LogP contribution in [-0.2, 0) is 0 Å². The van der Waals surface area contributed by atoms with Gasteiger partial charge >= 0.3 is 0 Å². The molecule has 0 saturated heterocycles. The number of nitrogen functional groups attached to an aromatic ring is 1. The summed E-state index contributed by atoms with van der Waals surface area (Å²) in [6.45, 7) is 0. The quantitative estimate of drug-likeness (QED) is 0.613. The van der Waals surface area contributed by atoms with Gasteiger partial charge in [0.1, 0.15) is 0 Å². The molecule has 0 fully saturated rings. The Hall–Kier alpha value is -1.22. The van der Waals surface area contributed by atoms with E-state index in [1.54, 1.807) is 18.3 Å². The van der Waals surface area contributed by atoms with Gasteiger partial charge in [-0.1, -0.05) is 16.8 Å². The molecule has 0 bridgehead atoms. The summed E-state index contributed by atoms with van der Waals surface area (Å²) in [7, 11) is 0. The maximum atomic E-state index is 5.79. The monoisotopic (exact) mass is 168 g/mol. The maximum absolute atomic E-state index is 5.79. The predicted octanol–water partition coefficient (Wildman–Crippen LogP) is 2.06. The van der Waals surface area contributed by atoms with E-state index in [1.807, 2.05) is 0 Å². The molecule has 0 atom stereocenters. The molecule has 0 aliphatic rings. The number of aromatic nitrogens is 1. The molecule has 0 amide bonds. The summed E-state index contributed by atoms with van der Waals surface area (Å²) < 4.78 is 4.87. The highest BCUT2D eigenvalue weighted by atomic mass is 35.5. The van der Waals surface area contributed by atoms with Crippen molar-refractivity contribution in [1.82, 2.24) is 5.16 Å². The van der Waals surface area contributed by atoms with E-state index in [0.29, 0.717) is 16.3 Å². The maximum Gasteiger partial charge on any atom is 0.185 e. The third-order valence-corrected chi connectivity index (χ3v) is 1.71. The number of hydrogen-bond acceptors (Lipinski definition) is 3. The van der Waals surface area contributed by atoms with Crippen LogP contribution in [0.25, 0.3) is 11.0 Å². The minimum Gasteiger partial charge on any atom is -0.399 e. The van der Waals surface area contributed by atoms with Crippen molar-refractivity contribution in [1.29, 1.82) is 0 Å². The molecular formula is C7H5ClN2O. The lowest BCUT2D eigenvalue weighted by Gasteiger charge is -1.92. The summed E-state index contributed by atoms with van der Waals surface area (Å²) in [4.78, 5) is 0. The average molecular weight is 169 g/mol. The zero-order valence-electron chi connectivity index (χ0n) is 5.54.